The lowest BCUT2D eigenvalue weighted by Gasteiger charge is -2.18. The van der Waals surface area contributed by atoms with Gasteiger partial charge in [-0.15, -0.1) is 0 Å². The van der Waals surface area contributed by atoms with Crippen LogP contribution in [-0.4, -0.2) is 16.2 Å². The van der Waals surface area contributed by atoms with Gasteiger partial charge in [-0.2, -0.15) is 0 Å². The number of hydrogen-bond acceptors (Lipinski definition) is 3. The van der Waals surface area contributed by atoms with E-state index in [1.165, 1.54) is 6.26 Å². The average Bonchev–Trinajstić information content (AvgIpc) is 2.90. The zero-order valence-electron chi connectivity index (χ0n) is 9.77. The fraction of sp³-hybridized carbons (Fsp3) is 0.231. The number of aliphatic hydroxyl groups is 1. The van der Waals surface area contributed by atoms with Crippen molar-refractivity contribution >= 4 is 7.37 Å². The van der Waals surface area contributed by atoms with Gasteiger partial charge in [0.1, 0.15) is 5.76 Å². The summed E-state index contributed by atoms with van der Waals surface area (Å²) in [6, 6.07) is 12.0. The van der Waals surface area contributed by atoms with Gasteiger partial charge in [-0.1, -0.05) is 30.3 Å². The summed E-state index contributed by atoms with van der Waals surface area (Å²) in [5.41, 5.74) is 0.461. The third-order valence-corrected chi connectivity index (χ3v) is 4.67. The SMILES string of the molecule is O=P(O)(CCc1ccco1)C(O)c1ccccc1. The molecule has 0 amide bonds. The lowest BCUT2D eigenvalue weighted by atomic mass is 10.2. The van der Waals surface area contributed by atoms with Gasteiger partial charge >= 0.3 is 0 Å². The Morgan fingerprint density at radius 3 is 2.50 bits per heavy atom. The molecule has 4 nitrogen and oxygen atoms in total. The van der Waals surface area contributed by atoms with Crippen LogP contribution in [0.5, 0.6) is 0 Å². The van der Waals surface area contributed by atoms with Gasteiger partial charge in [0.2, 0.25) is 7.37 Å². The molecule has 2 N–H and O–H groups in total. The third-order valence-electron chi connectivity index (χ3n) is 2.74. The summed E-state index contributed by atoms with van der Waals surface area (Å²) in [5.74, 6) is -0.696. The Morgan fingerprint density at radius 1 is 1.17 bits per heavy atom. The number of hydrogen-bond donors (Lipinski definition) is 2. The lowest BCUT2D eigenvalue weighted by Crippen LogP contribution is -2.04. The Morgan fingerprint density at radius 2 is 1.89 bits per heavy atom. The van der Waals surface area contributed by atoms with Crippen molar-refractivity contribution in [3.8, 4) is 0 Å². The number of benzene rings is 1. The predicted octanol–water partition coefficient (Wildman–Crippen LogP) is 2.78. The zero-order chi connectivity index (χ0) is 13.0. The molecule has 0 aliphatic heterocycles. The van der Waals surface area contributed by atoms with Crippen molar-refractivity contribution < 1.29 is 19.0 Å². The molecule has 5 heteroatoms. The average molecular weight is 266 g/mol. The predicted molar refractivity (Wildman–Crippen MR) is 68.5 cm³/mol. The van der Waals surface area contributed by atoms with Crippen LogP contribution in [0.4, 0.5) is 0 Å². The smallest absolute Gasteiger partial charge is 0.233 e. The van der Waals surface area contributed by atoms with E-state index in [2.05, 4.69) is 0 Å². The highest BCUT2D eigenvalue weighted by atomic mass is 31.2. The van der Waals surface area contributed by atoms with Crippen LogP contribution < -0.4 is 0 Å². The molecule has 1 aromatic heterocycles. The van der Waals surface area contributed by atoms with Crippen LogP contribution in [0.25, 0.3) is 0 Å². The summed E-state index contributed by atoms with van der Waals surface area (Å²) in [6.07, 6.45) is 1.85. The number of rotatable bonds is 5. The van der Waals surface area contributed by atoms with Crippen LogP contribution in [0.15, 0.2) is 53.1 Å². The summed E-state index contributed by atoms with van der Waals surface area (Å²) < 4.78 is 17.2. The van der Waals surface area contributed by atoms with E-state index in [4.69, 9.17) is 4.42 Å². The largest absolute Gasteiger partial charge is 0.469 e. The maximum absolute atomic E-state index is 12.1. The molecule has 2 aromatic rings. The summed E-state index contributed by atoms with van der Waals surface area (Å²) in [5, 5.41) is 9.93. The Balaban J connectivity index is 2.04. The molecule has 96 valence electrons. The molecule has 0 spiro atoms. The van der Waals surface area contributed by atoms with Crippen LogP contribution in [0.1, 0.15) is 17.2 Å². The minimum atomic E-state index is -3.65. The summed E-state index contributed by atoms with van der Waals surface area (Å²) >= 11 is 0. The molecule has 2 atom stereocenters. The van der Waals surface area contributed by atoms with Crippen molar-refractivity contribution in [3.05, 3.63) is 60.1 Å². The maximum atomic E-state index is 12.1. The molecule has 2 unspecified atom stereocenters. The van der Waals surface area contributed by atoms with Crippen LogP contribution in [0.3, 0.4) is 0 Å². The summed E-state index contributed by atoms with van der Waals surface area (Å²) in [7, 11) is -3.65. The number of aryl methyl sites for hydroxylation is 1. The molecule has 0 fully saturated rings. The minimum Gasteiger partial charge on any atom is -0.469 e. The Bertz CT molecular complexity index is 521. The second-order valence-corrected chi connectivity index (χ2v) is 6.54. The van der Waals surface area contributed by atoms with Crippen molar-refractivity contribution in [2.45, 2.75) is 12.3 Å². The Kier molecular flexibility index (Phi) is 4.02. The highest BCUT2D eigenvalue weighted by Crippen LogP contribution is 2.54. The first-order chi connectivity index (χ1) is 8.59. The highest BCUT2D eigenvalue weighted by molar-refractivity contribution is 7.58. The van der Waals surface area contributed by atoms with Gasteiger partial charge in [-0.3, -0.25) is 4.57 Å². The van der Waals surface area contributed by atoms with Gasteiger partial charge < -0.3 is 14.4 Å². The van der Waals surface area contributed by atoms with Gasteiger partial charge in [-0.05, 0) is 17.7 Å². The normalized spacial score (nSPS) is 16.1. The number of aliphatic hydroxyl groups excluding tert-OH is 1. The van der Waals surface area contributed by atoms with Crippen LogP contribution in [0, 0.1) is 0 Å². The molecule has 0 saturated carbocycles. The molecule has 0 aliphatic rings. The second-order valence-electron chi connectivity index (χ2n) is 4.09. The molecule has 18 heavy (non-hydrogen) atoms. The van der Waals surface area contributed by atoms with Crippen LogP contribution >= 0.6 is 7.37 Å². The third kappa shape index (κ3) is 3.10. The molecule has 1 heterocycles. The molecular formula is C13H15O4P. The first-order valence-electron chi connectivity index (χ1n) is 5.66. The quantitative estimate of drug-likeness (QED) is 0.816. The van der Waals surface area contributed by atoms with Crippen molar-refractivity contribution in [1.82, 2.24) is 0 Å². The van der Waals surface area contributed by atoms with Crippen molar-refractivity contribution in [2.24, 2.45) is 0 Å². The van der Waals surface area contributed by atoms with E-state index in [1.54, 1.807) is 42.5 Å². The van der Waals surface area contributed by atoms with Crippen LogP contribution in [0.2, 0.25) is 0 Å². The van der Waals surface area contributed by atoms with E-state index < -0.39 is 13.2 Å². The summed E-state index contributed by atoms with van der Waals surface area (Å²) in [6.45, 7) is 0. The Labute approximate surface area is 105 Å². The van der Waals surface area contributed by atoms with E-state index in [9.17, 15) is 14.6 Å². The van der Waals surface area contributed by atoms with Crippen molar-refractivity contribution in [1.29, 1.82) is 0 Å². The molecule has 2 rings (SSSR count). The topological polar surface area (TPSA) is 70.7 Å². The van der Waals surface area contributed by atoms with Gasteiger partial charge in [0.05, 0.1) is 6.26 Å². The fourth-order valence-corrected chi connectivity index (χ4v) is 3.13. The molecular weight excluding hydrogens is 251 g/mol. The monoisotopic (exact) mass is 266 g/mol. The van der Waals surface area contributed by atoms with E-state index >= 15 is 0 Å². The van der Waals surface area contributed by atoms with Gasteiger partial charge in [0, 0.05) is 12.6 Å². The van der Waals surface area contributed by atoms with Gasteiger partial charge in [0.15, 0.2) is 5.85 Å². The van der Waals surface area contributed by atoms with Gasteiger partial charge in [0.25, 0.3) is 0 Å². The molecule has 1 aromatic carbocycles. The maximum Gasteiger partial charge on any atom is 0.233 e. The molecule has 0 radical (unpaired) electrons. The Hall–Kier alpha value is -1.35. The van der Waals surface area contributed by atoms with E-state index in [-0.39, 0.29) is 6.16 Å². The van der Waals surface area contributed by atoms with Crippen molar-refractivity contribution in [2.75, 3.05) is 6.16 Å². The molecule has 0 saturated heterocycles. The first kappa shape index (κ1) is 13.1. The first-order valence-corrected chi connectivity index (χ1v) is 7.58. The van der Waals surface area contributed by atoms with Crippen LogP contribution in [-0.2, 0) is 11.0 Å². The highest BCUT2D eigenvalue weighted by Gasteiger charge is 2.30. The second kappa shape index (κ2) is 5.53. The van der Waals surface area contributed by atoms with Crippen molar-refractivity contribution in [3.63, 3.8) is 0 Å². The minimum absolute atomic E-state index is 0.00340. The fourth-order valence-electron chi connectivity index (χ4n) is 1.71. The van der Waals surface area contributed by atoms with E-state index in [0.29, 0.717) is 17.7 Å². The standard InChI is InChI=1S/C13H15O4P/c14-13(11-5-2-1-3-6-11)18(15,16)10-8-12-7-4-9-17-12/h1-7,9,13-14H,8,10H2,(H,15,16). The van der Waals surface area contributed by atoms with E-state index in [1.807, 2.05) is 0 Å². The van der Waals surface area contributed by atoms with Gasteiger partial charge in [-0.25, -0.2) is 0 Å². The van der Waals surface area contributed by atoms with E-state index in [0.717, 1.165) is 0 Å². The number of furan rings is 1. The molecule has 0 bridgehead atoms. The zero-order valence-corrected chi connectivity index (χ0v) is 10.7. The molecule has 0 aliphatic carbocycles. The summed E-state index contributed by atoms with van der Waals surface area (Å²) in [4.78, 5) is 9.90. The lowest BCUT2D eigenvalue weighted by molar-refractivity contribution is 0.234.